The van der Waals surface area contributed by atoms with Crippen LogP contribution in [-0.4, -0.2) is 22.1 Å². The van der Waals surface area contributed by atoms with Crippen LogP contribution in [0.15, 0.2) is 0 Å². The van der Waals surface area contributed by atoms with Gasteiger partial charge in [-0.3, -0.25) is 9.78 Å². The van der Waals surface area contributed by atoms with Crippen LogP contribution in [0.3, 0.4) is 0 Å². The molecular formula is CH4O6. The van der Waals surface area contributed by atoms with Crippen molar-refractivity contribution < 1.29 is 30.6 Å². The van der Waals surface area contributed by atoms with Crippen LogP contribution in [0.1, 0.15) is 0 Å². The molecule has 6 nitrogen and oxygen atoms in total. The quantitative estimate of drug-likeness (QED) is 0.317. The summed E-state index contributed by atoms with van der Waals surface area (Å²) in [6.45, 7) is 0. The highest BCUT2D eigenvalue weighted by Crippen LogP contribution is 1.71. The number of carbonyl (C=O) groups excluding carboxylic acids is 1. The normalized spacial score (nSPS) is 6.00. The minimum absolute atomic E-state index is 0. The van der Waals surface area contributed by atoms with Gasteiger partial charge in [0.15, 0.2) is 0 Å². The second-order valence-electron chi connectivity index (χ2n) is 0.433. The molecule has 7 heavy (non-hydrogen) atoms. The first kappa shape index (κ1) is 9.47. The van der Waals surface area contributed by atoms with Gasteiger partial charge in [-0.2, -0.15) is 15.3 Å². The molecule has 0 fully saturated rings. The third kappa shape index (κ3) is 5.15. The zero-order valence-electron chi connectivity index (χ0n) is 3.12. The van der Waals surface area contributed by atoms with E-state index in [1.165, 1.54) is 0 Å². The summed E-state index contributed by atoms with van der Waals surface area (Å²) in [5, 5.41) is 14.4. The average Bonchev–Trinajstić information content (AvgIpc) is 1.65. The van der Waals surface area contributed by atoms with E-state index in [1.807, 2.05) is 0 Å². The third-order valence-corrected chi connectivity index (χ3v) is 0.149. The molecule has 0 unspecified atom stereocenters. The lowest BCUT2D eigenvalue weighted by Crippen LogP contribution is -1.99. The van der Waals surface area contributed by atoms with Crippen molar-refractivity contribution in [3.63, 3.8) is 0 Å². The molecule has 0 radical (unpaired) electrons. The molecule has 0 aliphatic carbocycles. The van der Waals surface area contributed by atoms with E-state index in [4.69, 9.17) is 10.5 Å². The fraction of sp³-hybridized carbons (Fsp3) is 0. The fourth-order valence-corrected chi connectivity index (χ4v) is 0.0167. The van der Waals surface area contributed by atoms with Gasteiger partial charge in [0.25, 0.3) is 0 Å². The predicted octanol–water partition coefficient (Wildman–Crippen LogP) is -0.739. The maximum Gasteiger partial charge on any atom is 0.572 e. The smallest absolute Gasteiger partial charge is 0.412 e. The summed E-state index contributed by atoms with van der Waals surface area (Å²) >= 11 is 0. The maximum absolute atomic E-state index is 9.24. The Morgan fingerprint density at radius 1 is 1.29 bits per heavy atom. The SMILES string of the molecule is O.O=C(OO)OO. The lowest BCUT2D eigenvalue weighted by molar-refractivity contribution is -0.270. The average molecular weight is 112 g/mol. The zero-order valence-corrected chi connectivity index (χ0v) is 3.12. The number of carbonyl (C=O) groups is 1. The number of rotatable bonds is 0. The van der Waals surface area contributed by atoms with Crippen LogP contribution in [0.4, 0.5) is 4.79 Å². The fourth-order valence-electron chi connectivity index (χ4n) is 0.0167. The molecule has 0 amide bonds. The Morgan fingerprint density at radius 2 is 1.57 bits per heavy atom. The summed E-state index contributed by atoms with van der Waals surface area (Å²) < 4.78 is 0. The molecule has 0 heterocycles. The highest BCUT2D eigenvalue weighted by atomic mass is 17.2. The first-order chi connectivity index (χ1) is 2.81. The van der Waals surface area contributed by atoms with Crippen LogP contribution in [0.25, 0.3) is 0 Å². The summed E-state index contributed by atoms with van der Waals surface area (Å²) in [6.07, 6.45) is -1.55. The van der Waals surface area contributed by atoms with Gasteiger partial charge in [-0.15, -0.1) is 0 Å². The van der Waals surface area contributed by atoms with E-state index in [9.17, 15) is 4.79 Å². The minimum Gasteiger partial charge on any atom is -0.412 e. The molecular weight excluding hydrogens is 108 g/mol. The zero-order chi connectivity index (χ0) is 4.99. The molecule has 44 valence electrons. The van der Waals surface area contributed by atoms with Crippen molar-refractivity contribution in [1.29, 1.82) is 0 Å². The van der Waals surface area contributed by atoms with Crippen LogP contribution in [0.5, 0.6) is 0 Å². The Bertz CT molecular complexity index is 42.1. The van der Waals surface area contributed by atoms with Crippen molar-refractivity contribution in [2.24, 2.45) is 0 Å². The summed E-state index contributed by atoms with van der Waals surface area (Å²) in [4.78, 5) is 14.8. The first-order valence-electron chi connectivity index (χ1n) is 0.978. The van der Waals surface area contributed by atoms with Crippen molar-refractivity contribution in [2.45, 2.75) is 0 Å². The molecule has 0 saturated heterocycles. The monoisotopic (exact) mass is 112 g/mol. The Kier molecular flexibility index (Phi) is 6.97. The molecule has 0 aromatic rings. The van der Waals surface area contributed by atoms with Crippen molar-refractivity contribution in [1.82, 2.24) is 0 Å². The van der Waals surface area contributed by atoms with E-state index < -0.39 is 6.16 Å². The van der Waals surface area contributed by atoms with Gasteiger partial charge in [0, 0.05) is 0 Å². The molecule has 0 aromatic carbocycles. The highest BCUT2D eigenvalue weighted by molar-refractivity contribution is 5.57. The molecule has 0 rings (SSSR count). The molecule has 0 saturated carbocycles. The van der Waals surface area contributed by atoms with E-state index in [0.29, 0.717) is 0 Å². The van der Waals surface area contributed by atoms with Gasteiger partial charge in [0.1, 0.15) is 0 Å². The molecule has 0 spiro atoms. The summed E-state index contributed by atoms with van der Waals surface area (Å²) in [6, 6.07) is 0. The molecule has 0 atom stereocenters. The summed E-state index contributed by atoms with van der Waals surface area (Å²) in [7, 11) is 0. The van der Waals surface area contributed by atoms with E-state index >= 15 is 0 Å². The van der Waals surface area contributed by atoms with Gasteiger partial charge in [-0.25, -0.2) is 0 Å². The number of hydrogen-bond donors (Lipinski definition) is 2. The van der Waals surface area contributed by atoms with Crippen LogP contribution in [0, 0.1) is 0 Å². The van der Waals surface area contributed by atoms with Crippen LogP contribution < -0.4 is 0 Å². The molecule has 0 aliphatic rings. The van der Waals surface area contributed by atoms with Gasteiger partial charge >= 0.3 is 6.16 Å². The van der Waals surface area contributed by atoms with Crippen molar-refractivity contribution >= 4 is 6.16 Å². The van der Waals surface area contributed by atoms with Crippen molar-refractivity contribution in [3.05, 3.63) is 0 Å². The Morgan fingerprint density at radius 3 is 1.57 bits per heavy atom. The van der Waals surface area contributed by atoms with E-state index in [-0.39, 0.29) is 5.48 Å². The van der Waals surface area contributed by atoms with Gasteiger partial charge in [-0.1, -0.05) is 0 Å². The van der Waals surface area contributed by atoms with Gasteiger partial charge < -0.3 is 5.48 Å². The standard InChI is InChI=1S/CH2O5.H2O/c2-1(5-3)6-4;/h3-4H;1H2. The van der Waals surface area contributed by atoms with E-state index in [0.717, 1.165) is 0 Å². The van der Waals surface area contributed by atoms with Crippen LogP contribution in [-0.2, 0) is 9.78 Å². The highest BCUT2D eigenvalue weighted by Gasteiger charge is 1.95. The van der Waals surface area contributed by atoms with Crippen LogP contribution in [0.2, 0.25) is 0 Å². The van der Waals surface area contributed by atoms with E-state index in [2.05, 4.69) is 9.78 Å². The van der Waals surface area contributed by atoms with Gasteiger partial charge in [0.2, 0.25) is 0 Å². The first-order valence-corrected chi connectivity index (χ1v) is 0.978. The maximum atomic E-state index is 9.24. The molecule has 4 N–H and O–H groups in total. The summed E-state index contributed by atoms with van der Waals surface area (Å²) in [5.41, 5.74) is 0. The second kappa shape index (κ2) is 5.15. The predicted molar refractivity (Wildman–Crippen MR) is 16.4 cm³/mol. The lowest BCUT2D eigenvalue weighted by Gasteiger charge is -1.83. The molecule has 0 aliphatic heterocycles. The number of hydrogen-bond acceptors (Lipinski definition) is 5. The second-order valence-corrected chi connectivity index (χ2v) is 0.433. The molecule has 0 aromatic heterocycles. The summed E-state index contributed by atoms with van der Waals surface area (Å²) in [5.74, 6) is 0. The Labute approximate surface area is 38.1 Å². The molecule has 6 heteroatoms. The van der Waals surface area contributed by atoms with Crippen molar-refractivity contribution in [3.8, 4) is 0 Å². The Balaban J connectivity index is 0. The van der Waals surface area contributed by atoms with E-state index in [1.54, 1.807) is 0 Å². The minimum atomic E-state index is -1.55. The van der Waals surface area contributed by atoms with Crippen molar-refractivity contribution in [2.75, 3.05) is 0 Å². The van der Waals surface area contributed by atoms with Gasteiger partial charge in [0.05, 0.1) is 0 Å². The topological polar surface area (TPSA) is 107 Å². The molecule has 0 bridgehead atoms. The van der Waals surface area contributed by atoms with Crippen LogP contribution >= 0.6 is 0 Å². The largest absolute Gasteiger partial charge is 0.572 e. The lowest BCUT2D eigenvalue weighted by atomic mass is 11.4. The third-order valence-electron chi connectivity index (χ3n) is 0.149. The van der Waals surface area contributed by atoms with Gasteiger partial charge in [-0.05, 0) is 0 Å². The Hall–Kier alpha value is -0.850.